The van der Waals surface area contributed by atoms with Crippen LogP contribution in [0.25, 0.3) is 0 Å². The first-order chi connectivity index (χ1) is 16.0. The number of nitrogens with zero attached hydrogens (tertiary/aromatic N) is 1. The van der Waals surface area contributed by atoms with Crippen LogP contribution in [0.4, 0.5) is 0 Å². The van der Waals surface area contributed by atoms with Crippen molar-refractivity contribution in [2.24, 2.45) is 5.92 Å². The molecule has 2 aliphatic rings. The second-order valence-electron chi connectivity index (χ2n) is 9.09. The first-order valence-corrected chi connectivity index (χ1v) is 12.2. The summed E-state index contributed by atoms with van der Waals surface area (Å²) in [5.41, 5.74) is 2.01. The Morgan fingerprint density at radius 3 is 2.50 bits per heavy atom. The van der Waals surface area contributed by atoms with E-state index in [9.17, 15) is 9.59 Å². The van der Waals surface area contributed by atoms with Crippen LogP contribution in [0.1, 0.15) is 60.5 Å². The Balaban J connectivity index is 0.00000324. The van der Waals surface area contributed by atoms with E-state index in [1.165, 1.54) is 0 Å². The van der Waals surface area contributed by atoms with Crippen LogP contribution in [0.15, 0.2) is 42.5 Å². The largest absolute Gasteiger partial charge is 0.496 e. The van der Waals surface area contributed by atoms with Gasteiger partial charge in [0, 0.05) is 55.9 Å². The number of Topliss-reactive ketones (excluding diaryl/α,β-unsaturated/α-hetero) is 1. The molecule has 0 aromatic heterocycles. The van der Waals surface area contributed by atoms with Crippen LogP contribution in [0.2, 0.25) is 5.02 Å². The van der Waals surface area contributed by atoms with Crippen molar-refractivity contribution in [3.05, 3.63) is 64.2 Å². The lowest BCUT2D eigenvalue weighted by Gasteiger charge is -2.42. The van der Waals surface area contributed by atoms with Crippen LogP contribution in [0, 0.1) is 5.92 Å². The predicted octanol–water partition coefficient (Wildman–Crippen LogP) is 5.85. The lowest BCUT2D eigenvalue weighted by atomic mass is 9.80. The van der Waals surface area contributed by atoms with Gasteiger partial charge in [0.25, 0.3) is 0 Å². The fraction of sp³-hybridized carbons (Fsp3) is 0.481. The molecular formula is C27H33Cl2NO4. The van der Waals surface area contributed by atoms with Crippen LogP contribution in [0.3, 0.4) is 0 Å². The molecule has 0 saturated carbocycles. The molecule has 1 atom stereocenters. The molecule has 1 aliphatic heterocycles. The van der Waals surface area contributed by atoms with Crippen molar-refractivity contribution >= 4 is 35.8 Å². The Hall–Kier alpha value is -2.08. The Morgan fingerprint density at radius 2 is 1.85 bits per heavy atom. The Bertz CT molecular complexity index is 1000. The van der Waals surface area contributed by atoms with Gasteiger partial charge in [0.05, 0.1) is 12.1 Å². The van der Waals surface area contributed by atoms with Gasteiger partial charge in [0.2, 0.25) is 0 Å². The fourth-order valence-corrected chi connectivity index (χ4v) is 5.48. The Kier molecular flexibility index (Phi) is 9.02. The first kappa shape index (κ1) is 26.5. The minimum absolute atomic E-state index is 0. The smallest absolute Gasteiger partial charge is 0.306 e. The number of ether oxygens (including phenoxy) is 2. The van der Waals surface area contributed by atoms with Crippen LogP contribution < -0.4 is 4.74 Å². The number of carbonyl (C=O) groups excluding carboxylic acids is 2. The molecule has 1 saturated heterocycles. The molecule has 4 rings (SSSR count). The highest BCUT2D eigenvalue weighted by atomic mass is 35.5. The zero-order chi connectivity index (χ0) is 23.4. The van der Waals surface area contributed by atoms with E-state index in [4.69, 9.17) is 21.1 Å². The van der Waals surface area contributed by atoms with Crippen LogP contribution >= 0.6 is 24.0 Å². The van der Waals surface area contributed by atoms with Gasteiger partial charge in [-0.05, 0) is 37.0 Å². The monoisotopic (exact) mass is 505 g/mol. The number of benzene rings is 2. The summed E-state index contributed by atoms with van der Waals surface area (Å²) in [5.74, 6) is 0.613. The topological polar surface area (TPSA) is 55.8 Å². The van der Waals surface area contributed by atoms with Gasteiger partial charge in [-0.2, -0.15) is 0 Å². The zero-order valence-corrected chi connectivity index (χ0v) is 21.4. The quantitative estimate of drug-likeness (QED) is 0.441. The van der Waals surface area contributed by atoms with E-state index in [0.717, 1.165) is 62.1 Å². The maximum Gasteiger partial charge on any atom is 0.306 e. The summed E-state index contributed by atoms with van der Waals surface area (Å²) in [5, 5.41) is 0.505. The van der Waals surface area contributed by atoms with Crippen molar-refractivity contribution in [2.45, 2.75) is 51.0 Å². The lowest BCUT2D eigenvalue weighted by Crippen LogP contribution is -2.47. The number of halogens is 2. The normalized spacial score (nSPS) is 19.6. The summed E-state index contributed by atoms with van der Waals surface area (Å²) >= 11 is 6.41. The van der Waals surface area contributed by atoms with Crippen LogP contribution in [0.5, 0.6) is 5.75 Å². The molecule has 7 heteroatoms. The number of piperidine rings is 1. The van der Waals surface area contributed by atoms with E-state index < -0.39 is 5.60 Å². The van der Waals surface area contributed by atoms with E-state index in [-0.39, 0.29) is 30.1 Å². The second kappa shape index (κ2) is 11.6. The van der Waals surface area contributed by atoms with Crippen LogP contribution in [-0.2, 0) is 21.6 Å². The standard InChI is InChI=1S/C27H32ClNO4.ClH/c1-3-7-24(30)33-27(20-8-5-4-6-9-20)14-16-29(17-15-27)18-19-10-11-21-23(32-2)13-12-22(28)25(21)26(19)31;/h4-6,8-9,12-13,19H,3,7,10-11,14-18H2,1-2H3;1H. The maximum absolute atomic E-state index is 13.3. The highest BCUT2D eigenvalue weighted by molar-refractivity contribution is 6.34. The van der Waals surface area contributed by atoms with Gasteiger partial charge in [0.15, 0.2) is 5.78 Å². The number of methoxy groups -OCH3 is 1. The number of hydrogen-bond donors (Lipinski definition) is 0. The molecule has 0 spiro atoms. The number of ketones is 1. The zero-order valence-electron chi connectivity index (χ0n) is 19.8. The third kappa shape index (κ3) is 5.42. The van der Waals surface area contributed by atoms with Crippen molar-refractivity contribution in [3.8, 4) is 5.75 Å². The fourth-order valence-electron chi connectivity index (χ4n) is 5.21. The number of likely N-dealkylation sites (tertiary alicyclic amines) is 1. The minimum atomic E-state index is -0.593. The molecule has 1 aliphatic carbocycles. The molecule has 1 fully saturated rings. The average molecular weight is 506 g/mol. The average Bonchev–Trinajstić information content (AvgIpc) is 2.83. The molecule has 0 N–H and O–H groups in total. The van der Waals surface area contributed by atoms with Crippen molar-refractivity contribution < 1.29 is 19.1 Å². The summed E-state index contributed by atoms with van der Waals surface area (Å²) in [4.78, 5) is 28.1. The summed E-state index contributed by atoms with van der Waals surface area (Å²) in [6.07, 6.45) is 4.21. The molecule has 34 heavy (non-hydrogen) atoms. The Morgan fingerprint density at radius 1 is 1.15 bits per heavy atom. The van der Waals surface area contributed by atoms with Gasteiger partial charge < -0.3 is 14.4 Å². The Labute approximate surface area is 213 Å². The first-order valence-electron chi connectivity index (χ1n) is 11.9. The molecule has 2 aromatic rings. The molecule has 1 unspecified atom stereocenters. The van der Waals surface area contributed by atoms with Gasteiger partial charge in [-0.15, -0.1) is 12.4 Å². The highest BCUT2D eigenvalue weighted by Gasteiger charge is 2.41. The second-order valence-corrected chi connectivity index (χ2v) is 9.50. The predicted molar refractivity (Wildman–Crippen MR) is 136 cm³/mol. The van der Waals surface area contributed by atoms with Gasteiger partial charge in [-0.25, -0.2) is 0 Å². The molecule has 5 nitrogen and oxygen atoms in total. The van der Waals surface area contributed by atoms with E-state index in [2.05, 4.69) is 4.90 Å². The summed E-state index contributed by atoms with van der Waals surface area (Å²) in [6.45, 7) is 4.23. The van der Waals surface area contributed by atoms with E-state index in [1.54, 1.807) is 13.2 Å². The maximum atomic E-state index is 13.3. The van der Waals surface area contributed by atoms with E-state index >= 15 is 0 Å². The third-order valence-corrected chi connectivity index (χ3v) is 7.32. The molecule has 0 radical (unpaired) electrons. The van der Waals surface area contributed by atoms with Crippen molar-refractivity contribution in [3.63, 3.8) is 0 Å². The van der Waals surface area contributed by atoms with E-state index in [0.29, 0.717) is 23.6 Å². The summed E-state index contributed by atoms with van der Waals surface area (Å²) < 4.78 is 11.5. The third-order valence-electron chi connectivity index (χ3n) is 7.00. The number of rotatable bonds is 7. The van der Waals surface area contributed by atoms with Crippen molar-refractivity contribution in [1.29, 1.82) is 0 Å². The molecule has 0 amide bonds. The molecule has 2 aromatic carbocycles. The minimum Gasteiger partial charge on any atom is -0.496 e. The van der Waals surface area contributed by atoms with E-state index in [1.807, 2.05) is 43.3 Å². The van der Waals surface area contributed by atoms with Crippen molar-refractivity contribution in [2.75, 3.05) is 26.7 Å². The van der Waals surface area contributed by atoms with Gasteiger partial charge in [-0.1, -0.05) is 48.9 Å². The van der Waals surface area contributed by atoms with Gasteiger partial charge >= 0.3 is 5.97 Å². The van der Waals surface area contributed by atoms with Gasteiger partial charge in [0.1, 0.15) is 11.4 Å². The number of fused-ring (bicyclic) bond motifs is 1. The summed E-state index contributed by atoms with van der Waals surface area (Å²) in [7, 11) is 1.63. The SMILES string of the molecule is CCCC(=O)OC1(c2ccccc2)CCN(CC2CCc3c(OC)ccc(Cl)c3C2=O)CC1.Cl. The summed E-state index contributed by atoms with van der Waals surface area (Å²) in [6, 6.07) is 13.6. The number of esters is 1. The molecule has 184 valence electrons. The molecular weight excluding hydrogens is 473 g/mol. The van der Waals surface area contributed by atoms with Gasteiger partial charge in [-0.3, -0.25) is 9.59 Å². The van der Waals surface area contributed by atoms with Crippen molar-refractivity contribution in [1.82, 2.24) is 4.90 Å². The lowest BCUT2D eigenvalue weighted by molar-refractivity contribution is -0.167. The number of carbonyl (C=O) groups is 2. The number of hydrogen-bond acceptors (Lipinski definition) is 5. The molecule has 1 heterocycles. The highest BCUT2D eigenvalue weighted by Crippen LogP contribution is 2.40. The van der Waals surface area contributed by atoms with Crippen LogP contribution in [-0.4, -0.2) is 43.4 Å². The molecule has 0 bridgehead atoms.